The summed E-state index contributed by atoms with van der Waals surface area (Å²) in [7, 11) is 0. The maximum absolute atomic E-state index is 13.1. The number of ether oxygens (including phenoxy) is 2. The van der Waals surface area contributed by atoms with Gasteiger partial charge in [0.1, 0.15) is 11.5 Å². The maximum Gasteiger partial charge on any atom is 0.292 e. The van der Waals surface area contributed by atoms with E-state index >= 15 is 0 Å². The van der Waals surface area contributed by atoms with Gasteiger partial charge in [-0.05, 0) is 24.3 Å². The average Bonchev–Trinajstić information content (AvgIpc) is 2.66. The largest absolute Gasteiger partial charge is 0.443 e. The monoisotopic (exact) mass is 265 g/mol. The number of pyridine rings is 1. The first kappa shape index (κ1) is 11.3. The molecule has 3 rings (SSSR count). The first-order chi connectivity index (χ1) is 8.57. The molecule has 92 valence electrons. The SMILES string of the molecule is CC1(c2ccc(Cl)cn2)Oc2ccc(F)cc2O1. The fraction of sp³-hybridized carbons (Fsp3) is 0.154. The summed E-state index contributed by atoms with van der Waals surface area (Å²) in [4.78, 5) is 4.16. The van der Waals surface area contributed by atoms with E-state index in [-0.39, 0.29) is 5.82 Å². The molecule has 1 aliphatic heterocycles. The normalized spacial score (nSPS) is 21.1. The Balaban J connectivity index is 1.98. The van der Waals surface area contributed by atoms with Gasteiger partial charge in [0.25, 0.3) is 5.79 Å². The van der Waals surface area contributed by atoms with Crippen LogP contribution in [0, 0.1) is 5.82 Å². The van der Waals surface area contributed by atoms with Gasteiger partial charge >= 0.3 is 0 Å². The van der Waals surface area contributed by atoms with Crippen LogP contribution in [-0.2, 0) is 5.79 Å². The van der Waals surface area contributed by atoms with Gasteiger partial charge in [0.2, 0.25) is 0 Å². The molecule has 1 unspecified atom stereocenters. The molecule has 5 heteroatoms. The van der Waals surface area contributed by atoms with Crippen LogP contribution in [0.15, 0.2) is 36.5 Å². The molecule has 1 aromatic heterocycles. The van der Waals surface area contributed by atoms with Crippen molar-refractivity contribution in [2.75, 3.05) is 0 Å². The number of benzene rings is 1. The van der Waals surface area contributed by atoms with Crippen molar-refractivity contribution >= 4 is 11.6 Å². The molecule has 0 saturated carbocycles. The molecule has 3 nitrogen and oxygen atoms in total. The van der Waals surface area contributed by atoms with Crippen LogP contribution in [0.4, 0.5) is 4.39 Å². The van der Waals surface area contributed by atoms with Crippen molar-refractivity contribution < 1.29 is 13.9 Å². The molecule has 1 aromatic carbocycles. The molecule has 0 bridgehead atoms. The third kappa shape index (κ3) is 1.78. The molecular formula is C13H9ClFNO2. The average molecular weight is 266 g/mol. The first-order valence-electron chi connectivity index (χ1n) is 5.36. The van der Waals surface area contributed by atoms with Crippen LogP contribution in [0.5, 0.6) is 11.5 Å². The molecule has 0 N–H and O–H groups in total. The molecule has 0 fully saturated rings. The number of aromatic nitrogens is 1. The zero-order valence-corrected chi connectivity index (χ0v) is 10.2. The summed E-state index contributed by atoms with van der Waals surface area (Å²) in [5.41, 5.74) is 0.573. The van der Waals surface area contributed by atoms with Crippen molar-refractivity contribution in [1.29, 1.82) is 0 Å². The van der Waals surface area contributed by atoms with Gasteiger partial charge in [0.05, 0.1) is 5.02 Å². The number of halogens is 2. The predicted octanol–water partition coefficient (Wildman–Crippen LogP) is 3.52. The summed E-state index contributed by atoms with van der Waals surface area (Å²) in [6.45, 7) is 1.72. The Morgan fingerprint density at radius 2 is 1.94 bits per heavy atom. The van der Waals surface area contributed by atoms with Gasteiger partial charge in [-0.15, -0.1) is 0 Å². The quantitative estimate of drug-likeness (QED) is 0.791. The van der Waals surface area contributed by atoms with Crippen molar-refractivity contribution in [2.45, 2.75) is 12.7 Å². The minimum Gasteiger partial charge on any atom is -0.443 e. The molecule has 0 spiro atoms. The molecular weight excluding hydrogens is 257 g/mol. The molecule has 18 heavy (non-hydrogen) atoms. The molecule has 0 saturated heterocycles. The number of rotatable bonds is 1. The lowest BCUT2D eigenvalue weighted by Crippen LogP contribution is -2.32. The standard InChI is InChI=1S/C13H9ClFNO2/c1-13(12-5-2-8(14)7-16-12)17-10-4-3-9(15)6-11(10)18-13/h2-7H,1H3. The van der Waals surface area contributed by atoms with E-state index in [4.69, 9.17) is 21.1 Å². The van der Waals surface area contributed by atoms with Crippen molar-refractivity contribution in [1.82, 2.24) is 4.98 Å². The summed E-state index contributed by atoms with van der Waals surface area (Å²) in [5, 5.41) is 0.531. The van der Waals surface area contributed by atoms with E-state index in [9.17, 15) is 4.39 Å². The Labute approximate surface area is 108 Å². The van der Waals surface area contributed by atoms with E-state index < -0.39 is 5.79 Å². The minimum absolute atomic E-state index is 0.370. The fourth-order valence-corrected chi connectivity index (χ4v) is 1.95. The molecule has 2 heterocycles. The summed E-state index contributed by atoms with van der Waals surface area (Å²) < 4.78 is 24.4. The number of hydrogen-bond donors (Lipinski definition) is 0. The molecule has 0 aliphatic carbocycles. The third-order valence-electron chi connectivity index (χ3n) is 2.71. The van der Waals surface area contributed by atoms with Gasteiger partial charge < -0.3 is 9.47 Å². The van der Waals surface area contributed by atoms with E-state index in [2.05, 4.69) is 4.98 Å². The van der Waals surface area contributed by atoms with Gasteiger partial charge in [-0.25, -0.2) is 4.39 Å². The Kier molecular flexibility index (Phi) is 2.41. The van der Waals surface area contributed by atoms with E-state index in [0.29, 0.717) is 22.2 Å². The van der Waals surface area contributed by atoms with E-state index in [0.717, 1.165) is 0 Å². The second-order valence-corrected chi connectivity index (χ2v) is 4.54. The zero-order chi connectivity index (χ0) is 12.8. The highest BCUT2D eigenvalue weighted by Gasteiger charge is 2.40. The van der Waals surface area contributed by atoms with E-state index in [1.54, 1.807) is 19.1 Å². The second kappa shape index (κ2) is 3.85. The van der Waals surface area contributed by atoms with Gasteiger partial charge in [-0.3, -0.25) is 4.98 Å². The molecule has 1 aliphatic rings. The van der Waals surface area contributed by atoms with E-state index in [1.165, 1.54) is 24.4 Å². The van der Waals surface area contributed by atoms with Crippen molar-refractivity contribution in [3.63, 3.8) is 0 Å². The highest BCUT2D eigenvalue weighted by molar-refractivity contribution is 6.30. The summed E-state index contributed by atoms with van der Waals surface area (Å²) in [6.07, 6.45) is 1.51. The van der Waals surface area contributed by atoms with Crippen LogP contribution in [0.2, 0.25) is 5.02 Å². The third-order valence-corrected chi connectivity index (χ3v) is 2.93. The summed E-state index contributed by atoms with van der Waals surface area (Å²) in [6, 6.07) is 7.56. The Hall–Kier alpha value is -1.81. The summed E-state index contributed by atoms with van der Waals surface area (Å²) >= 11 is 5.78. The van der Waals surface area contributed by atoms with Crippen LogP contribution >= 0.6 is 11.6 Å². The van der Waals surface area contributed by atoms with Crippen molar-refractivity contribution in [2.24, 2.45) is 0 Å². The molecule has 1 atom stereocenters. The predicted molar refractivity (Wildman–Crippen MR) is 64.3 cm³/mol. The Morgan fingerprint density at radius 1 is 1.17 bits per heavy atom. The number of fused-ring (bicyclic) bond motifs is 1. The lowest BCUT2D eigenvalue weighted by atomic mass is 10.2. The maximum atomic E-state index is 13.1. The Bertz CT molecular complexity index is 602. The lowest BCUT2D eigenvalue weighted by Gasteiger charge is -2.22. The van der Waals surface area contributed by atoms with E-state index in [1.807, 2.05) is 0 Å². The number of nitrogens with zero attached hydrogens (tertiary/aromatic N) is 1. The summed E-state index contributed by atoms with van der Waals surface area (Å²) in [5.74, 6) is -0.559. The molecule has 0 radical (unpaired) electrons. The van der Waals surface area contributed by atoms with Crippen LogP contribution in [0.1, 0.15) is 12.6 Å². The van der Waals surface area contributed by atoms with Crippen LogP contribution in [0.3, 0.4) is 0 Å². The van der Waals surface area contributed by atoms with Crippen molar-refractivity contribution in [3.8, 4) is 11.5 Å². The first-order valence-corrected chi connectivity index (χ1v) is 5.74. The minimum atomic E-state index is -1.05. The van der Waals surface area contributed by atoms with Gasteiger partial charge in [0, 0.05) is 19.2 Å². The van der Waals surface area contributed by atoms with Gasteiger partial charge in [0.15, 0.2) is 11.5 Å². The smallest absolute Gasteiger partial charge is 0.292 e. The molecule has 0 amide bonds. The van der Waals surface area contributed by atoms with Gasteiger partial charge in [-0.2, -0.15) is 0 Å². The highest BCUT2D eigenvalue weighted by atomic mass is 35.5. The second-order valence-electron chi connectivity index (χ2n) is 4.10. The lowest BCUT2D eigenvalue weighted by molar-refractivity contribution is -0.0717. The number of hydrogen-bond acceptors (Lipinski definition) is 3. The van der Waals surface area contributed by atoms with Crippen molar-refractivity contribution in [3.05, 3.63) is 53.1 Å². The Morgan fingerprint density at radius 3 is 2.67 bits per heavy atom. The van der Waals surface area contributed by atoms with Gasteiger partial charge in [-0.1, -0.05) is 11.6 Å². The van der Waals surface area contributed by atoms with Crippen LogP contribution < -0.4 is 9.47 Å². The topological polar surface area (TPSA) is 31.4 Å². The van der Waals surface area contributed by atoms with Crippen LogP contribution in [0.25, 0.3) is 0 Å². The van der Waals surface area contributed by atoms with Crippen LogP contribution in [-0.4, -0.2) is 4.98 Å². The molecule has 2 aromatic rings. The fourth-order valence-electron chi connectivity index (χ4n) is 1.84. The highest BCUT2D eigenvalue weighted by Crippen LogP contribution is 2.43. The zero-order valence-electron chi connectivity index (χ0n) is 9.48.